The van der Waals surface area contributed by atoms with Crippen LogP contribution in [0.3, 0.4) is 0 Å². The molecule has 4 aromatic carbocycles. The van der Waals surface area contributed by atoms with Crippen molar-refractivity contribution >= 4 is 44.6 Å². The number of aromatic nitrogens is 6. The molecule has 8 aromatic rings. The van der Waals surface area contributed by atoms with Gasteiger partial charge in [0.2, 0.25) is 11.5 Å². The van der Waals surface area contributed by atoms with Crippen molar-refractivity contribution in [2.24, 2.45) is 0 Å². The fourth-order valence-corrected chi connectivity index (χ4v) is 5.88. The van der Waals surface area contributed by atoms with Gasteiger partial charge in [-0.1, -0.05) is 85.8 Å². The fourth-order valence-electron chi connectivity index (χ4n) is 5.88. The number of hydrogen-bond donors (Lipinski definition) is 0. The highest BCUT2D eigenvalue weighted by Gasteiger charge is 2.22. The number of nitrogens with zero attached hydrogens (tertiary/aromatic N) is 6. The predicted octanol–water partition coefficient (Wildman–Crippen LogP) is 9.07. The third-order valence-corrected chi connectivity index (χ3v) is 7.80. The van der Waals surface area contributed by atoms with Crippen molar-refractivity contribution < 1.29 is 4.42 Å². The van der Waals surface area contributed by atoms with Gasteiger partial charge in [0.15, 0.2) is 17.5 Å². The first-order valence-corrected chi connectivity index (χ1v) is 14.8. The molecule has 4 aromatic heterocycles. The van der Waals surface area contributed by atoms with Crippen molar-refractivity contribution in [1.82, 2.24) is 28.9 Å². The minimum absolute atomic E-state index is 0.611. The molecule has 0 bridgehead atoms. The van der Waals surface area contributed by atoms with Gasteiger partial charge in [0, 0.05) is 27.8 Å². The van der Waals surface area contributed by atoms with Gasteiger partial charge in [0.05, 0.1) is 11.0 Å². The molecule has 0 aliphatic heterocycles. The van der Waals surface area contributed by atoms with Crippen molar-refractivity contribution in [3.8, 4) is 28.5 Å². The molecule has 44 heavy (non-hydrogen) atoms. The Morgan fingerprint density at radius 2 is 1.48 bits per heavy atom. The number of fused-ring (bicyclic) bond motifs is 7. The molecule has 0 radical (unpaired) electrons. The summed E-state index contributed by atoms with van der Waals surface area (Å²) in [6.07, 6.45) is 7.08. The maximum absolute atomic E-state index is 6.18. The maximum Gasteiger partial charge on any atom is 0.248 e. The van der Waals surface area contributed by atoms with Crippen LogP contribution in [0.15, 0.2) is 126 Å². The fraction of sp³-hybridized carbons (Fsp3) is 0.0811. The zero-order valence-corrected chi connectivity index (χ0v) is 24.3. The molecule has 0 fully saturated rings. The van der Waals surface area contributed by atoms with E-state index in [2.05, 4.69) is 64.4 Å². The van der Waals surface area contributed by atoms with Crippen LogP contribution >= 0.6 is 0 Å². The number of rotatable bonds is 6. The molecule has 0 saturated heterocycles. The molecule has 8 rings (SSSR count). The molecule has 0 unspecified atom stereocenters. The van der Waals surface area contributed by atoms with Crippen LogP contribution in [0.2, 0.25) is 0 Å². The summed E-state index contributed by atoms with van der Waals surface area (Å²) in [6, 6.07) is 34.8. The molecule has 0 N–H and O–H groups in total. The van der Waals surface area contributed by atoms with E-state index in [4.69, 9.17) is 24.4 Å². The monoisotopic (exact) mass is 572 g/mol. The van der Waals surface area contributed by atoms with Crippen LogP contribution in [-0.4, -0.2) is 28.9 Å². The van der Waals surface area contributed by atoms with E-state index in [1.54, 1.807) is 0 Å². The smallest absolute Gasteiger partial charge is 0.248 e. The van der Waals surface area contributed by atoms with Crippen molar-refractivity contribution in [2.45, 2.75) is 20.3 Å². The SMILES string of the molecule is C/C=C\C(=C/CC)c1nc(-c2ccccc2)nc(-c2ccc3c(c2)n(-c2ccccc2)c2nc4oc5ccccc5c4n32)n1. The average molecular weight is 573 g/mol. The Morgan fingerprint density at radius 1 is 0.750 bits per heavy atom. The Kier molecular flexibility index (Phi) is 6.15. The second-order valence-corrected chi connectivity index (χ2v) is 10.6. The molecule has 0 aliphatic carbocycles. The van der Waals surface area contributed by atoms with Gasteiger partial charge in [-0.05, 0) is 55.8 Å². The van der Waals surface area contributed by atoms with E-state index in [-0.39, 0.29) is 0 Å². The van der Waals surface area contributed by atoms with Gasteiger partial charge < -0.3 is 4.42 Å². The molecule has 0 spiro atoms. The van der Waals surface area contributed by atoms with E-state index in [0.29, 0.717) is 23.2 Å². The summed E-state index contributed by atoms with van der Waals surface area (Å²) >= 11 is 0. The first-order chi connectivity index (χ1) is 21.7. The maximum atomic E-state index is 6.18. The van der Waals surface area contributed by atoms with Gasteiger partial charge in [-0.3, -0.25) is 8.97 Å². The first-order valence-electron chi connectivity index (χ1n) is 14.8. The summed E-state index contributed by atoms with van der Waals surface area (Å²) in [5.74, 6) is 2.68. The molecule has 4 heterocycles. The molecule has 0 atom stereocenters. The van der Waals surface area contributed by atoms with Crippen LogP contribution in [0.4, 0.5) is 0 Å². The van der Waals surface area contributed by atoms with E-state index in [9.17, 15) is 0 Å². The third-order valence-electron chi connectivity index (χ3n) is 7.80. The molecule has 0 aliphatic rings. The lowest BCUT2D eigenvalue weighted by Gasteiger charge is -2.10. The summed E-state index contributed by atoms with van der Waals surface area (Å²) in [4.78, 5) is 19.9. The number of para-hydroxylation sites is 2. The minimum atomic E-state index is 0.611. The summed E-state index contributed by atoms with van der Waals surface area (Å²) in [5, 5.41) is 1.03. The zero-order valence-electron chi connectivity index (χ0n) is 24.3. The van der Waals surface area contributed by atoms with Crippen molar-refractivity contribution in [3.63, 3.8) is 0 Å². The van der Waals surface area contributed by atoms with Crippen LogP contribution < -0.4 is 0 Å². The van der Waals surface area contributed by atoms with E-state index in [1.165, 1.54) is 0 Å². The Labute approximate surface area is 253 Å². The highest BCUT2D eigenvalue weighted by atomic mass is 16.3. The Bertz CT molecular complexity index is 2380. The highest BCUT2D eigenvalue weighted by Crippen LogP contribution is 2.36. The molecular formula is C37H28N6O. The van der Waals surface area contributed by atoms with Crippen molar-refractivity contribution in [2.75, 3.05) is 0 Å². The summed E-state index contributed by atoms with van der Waals surface area (Å²) < 4.78 is 10.5. The summed E-state index contributed by atoms with van der Waals surface area (Å²) in [6.45, 7) is 4.12. The third kappa shape index (κ3) is 4.13. The van der Waals surface area contributed by atoms with Crippen molar-refractivity contribution in [1.29, 1.82) is 0 Å². The largest absolute Gasteiger partial charge is 0.436 e. The Hall–Kier alpha value is -5.82. The second-order valence-electron chi connectivity index (χ2n) is 10.6. The van der Waals surface area contributed by atoms with Crippen LogP contribution in [0, 0.1) is 0 Å². The van der Waals surface area contributed by atoms with E-state index < -0.39 is 0 Å². The summed E-state index contributed by atoms with van der Waals surface area (Å²) in [7, 11) is 0. The number of hydrogen-bond acceptors (Lipinski definition) is 5. The first kappa shape index (κ1) is 25.9. The normalized spacial score (nSPS) is 12.5. The van der Waals surface area contributed by atoms with Gasteiger partial charge in [-0.25, -0.2) is 15.0 Å². The predicted molar refractivity (Wildman–Crippen MR) is 177 cm³/mol. The molecule has 0 amide bonds. The number of imidazole rings is 2. The quantitative estimate of drug-likeness (QED) is 0.186. The number of allylic oxidation sites excluding steroid dienone is 4. The van der Waals surface area contributed by atoms with Gasteiger partial charge >= 0.3 is 0 Å². The lowest BCUT2D eigenvalue weighted by molar-refractivity contribution is 0.656. The molecule has 7 nitrogen and oxygen atoms in total. The average Bonchev–Trinajstić information content (AvgIpc) is 3.71. The van der Waals surface area contributed by atoms with Gasteiger partial charge in [-0.15, -0.1) is 0 Å². The lowest BCUT2D eigenvalue weighted by atomic mass is 10.1. The lowest BCUT2D eigenvalue weighted by Crippen LogP contribution is -2.02. The van der Waals surface area contributed by atoms with E-state index in [1.807, 2.05) is 79.7 Å². The topological polar surface area (TPSA) is 74.0 Å². The van der Waals surface area contributed by atoms with Gasteiger partial charge in [0.25, 0.3) is 0 Å². The highest BCUT2D eigenvalue weighted by molar-refractivity contribution is 6.06. The number of furan rings is 1. The van der Waals surface area contributed by atoms with E-state index in [0.717, 1.165) is 62.1 Å². The van der Waals surface area contributed by atoms with Gasteiger partial charge in [0.1, 0.15) is 11.1 Å². The van der Waals surface area contributed by atoms with E-state index >= 15 is 0 Å². The van der Waals surface area contributed by atoms with Crippen LogP contribution in [0.1, 0.15) is 26.1 Å². The standard InChI is InChI=1S/C37H28N6O/c1-3-13-24(14-4-2)33-38-34(25-15-7-5-8-16-25)40-35(39-33)26-21-22-29-30(23-26)42(27-17-9-6-10-18-27)37-41-36-32(43(29)37)28-19-11-12-20-31(28)44-36/h3,5-23H,4H2,1-2H3/b13-3-,24-14+. The van der Waals surface area contributed by atoms with Gasteiger partial charge in [-0.2, -0.15) is 4.98 Å². The second kappa shape index (κ2) is 10.5. The summed E-state index contributed by atoms with van der Waals surface area (Å²) in [5.41, 5.74) is 8.20. The molecule has 7 heteroatoms. The number of benzene rings is 4. The van der Waals surface area contributed by atoms with Crippen LogP contribution in [0.25, 0.3) is 73.0 Å². The molecule has 0 saturated carbocycles. The minimum Gasteiger partial charge on any atom is -0.436 e. The molecule has 212 valence electrons. The zero-order chi connectivity index (χ0) is 29.6. The Morgan fingerprint density at radius 3 is 2.25 bits per heavy atom. The van der Waals surface area contributed by atoms with Crippen molar-refractivity contribution in [3.05, 3.63) is 127 Å². The van der Waals surface area contributed by atoms with Crippen LogP contribution in [-0.2, 0) is 0 Å². The Balaban J connectivity index is 1.42. The molecular weight excluding hydrogens is 544 g/mol. The van der Waals surface area contributed by atoms with Crippen LogP contribution in [0.5, 0.6) is 0 Å².